The first-order valence-corrected chi connectivity index (χ1v) is 15.3. The van der Waals surface area contributed by atoms with E-state index >= 15 is 0 Å². The summed E-state index contributed by atoms with van der Waals surface area (Å²) >= 11 is 0. The van der Waals surface area contributed by atoms with E-state index in [0.717, 1.165) is 51.9 Å². The molecule has 6 unspecified atom stereocenters. The van der Waals surface area contributed by atoms with E-state index in [1.54, 1.807) is 11.1 Å². The van der Waals surface area contributed by atoms with Crippen LogP contribution in [0.1, 0.15) is 96.1 Å². The maximum absolute atomic E-state index is 11.1. The first-order chi connectivity index (χ1) is 18.5. The van der Waals surface area contributed by atoms with Crippen molar-refractivity contribution in [2.24, 2.45) is 28.6 Å². The molecule has 4 fully saturated rings. The minimum atomic E-state index is -0.358. The molecule has 5 nitrogen and oxygen atoms in total. The van der Waals surface area contributed by atoms with E-state index in [0.29, 0.717) is 23.7 Å². The number of aliphatic hydroxyl groups is 2. The molecule has 1 aromatic carbocycles. The summed E-state index contributed by atoms with van der Waals surface area (Å²) in [5, 5.41) is 21.9. The van der Waals surface area contributed by atoms with Crippen LogP contribution in [0.5, 0.6) is 0 Å². The molecule has 1 spiro atoms. The topological polar surface area (TPSA) is 71.0 Å². The lowest BCUT2D eigenvalue weighted by atomic mass is 9.52. The molecule has 0 bridgehead atoms. The van der Waals surface area contributed by atoms with Crippen LogP contribution in [0, 0.1) is 35.5 Å². The Labute approximate surface area is 236 Å². The number of aliphatic hydroxyl groups excluding tert-OH is 2. The van der Waals surface area contributed by atoms with E-state index in [1.165, 1.54) is 30.4 Å². The second kappa shape index (κ2) is 10.9. The van der Waals surface area contributed by atoms with Gasteiger partial charge in [0.1, 0.15) is 0 Å². The van der Waals surface area contributed by atoms with Crippen LogP contribution in [0.2, 0.25) is 0 Å². The summed E-state index contributed by atoms with van der Waals surface area (Å²) in [4.78, 5) is 0. The molecule has 1 aromatic rings. The molecule has 5 heteroatoms. The van der Waals surface area contributed by atoms with Crippen molar-refractivity contribution in [1.29, 1.82) is 0 Å². The monoisotopic (exact) mass is 537 g/mol. The van der Waals surface area contributed by atoms with Gasteiger partial charge >= 0.3 is 0 Å². The molecular formula is C34H51NO4. The Balaban J connectivity index is 0.000000465. The summed E-state index contributed by atoms with van der Waals surface area (Å²) in [6, 6.07) is 9.27. The van der Waals surface area contributed by atoms with E-state index in [1.807, 2.05) is 6.92 Å². The highest BCUT2D eigenvalue weighted by molar-refractivity contribution is 5.41. The number of nitrogens with one attached hydrogen (secondary N) is 1. The van der Waals surface area contributed by atoms with Crippen LogP contribution in [0.25, 0.3) is 0 Å². The van der Waals surface area contributed by atoms with Crippen LogP contribution >= 0.6 is 0 Å². The highest BCUT2D eigenvalue weighted by atomic mass is 16.7. The fourth-order valence-corrected chi connectivity index (χ4v) is 8.50. The van der Waals surface area contributed by atoms with E-state index < -0.39 is 0 Å². The third-order valence-corrected chi connectivity index (χ3v) is 10.6. The fourth-order valence-electron chi connectivity index (χ4n) is 8.50. The van der Waals surface area contributed by atoms with Crippen LogP contribution in [-0.4, -0.2) is 41.9 Å². The third-order valence-electron chi connectivity index (χ3n) is 10.6. The molecule has 1 heterocycles. The van der Waals surface area contributed by atoms with Crippen molar-refractivity contribution >= 4 is 0 Å². The van der Waals surface area contributed by atoms with E-state index in [2.05, 4.69) is 63.9 Å². The highest BCUT2D eigenvalue weighted by Gasteiger charge is 2.57. The van der Waals surface area contributed by atoms with Gasteiger partial charge in [0.25, 0.3) is 0 Å². The lowest BCUT2D eigenvalue weighted by Gasteiger charge is -2.55. The minimum Gasteiger partial charge on any atom is -0.495 e. The van der Waals surface area contributed by atoms with Crippen molar-refractivity contribution in [3.05, 3.63) is 59.0 Å². The molecular weight excluding hydrogens is 486 g/mol. The zero-order valence-corrected chi connectivity index (χ0v) is 24.9. The van der Waals surface area contributed by atoms with E-state index in [-0.39, 0.29) is 28.6 Å². The first-order valence-electron chi connectivity index (χ1n) is 15.3. The summed E-state index contributed by atoms with van der Waals surface area (Å²) < 4.78 is 12.9. The first kappa shape index (κ1) is 28.7. The summed E-state index contributed by atoms with van der Waals surface area (Å²) in [6.07, 6.45) is 8.77. The molecule has 1 saturated heterocycles. The van der Waals surface area contributed by atoms with Crippen molar-refractivity contribution in [1.82, 2.24) is 5.32 Å². The normalized spacial score (nSPS) is 36.2. The van der Waals surface area contributed by atoms with Gasteiger partial charge in [0.2, 0.25) is 0 Å². The van der Waals surface area contributed by atoms with Crippen molar-refractivity contribution in [2.45, 2.75) is 104 Å². The summed E-state index contributed by atoms with van der Waals surface area (Å²) in [5.74, 6) is 2.00. The Morgan fingerprint density at radius 2 is 1.72 bits per heavy atom. The number of ether oxygens (including phenoxy) is 2. The molecule has 6 atom stereocenters. The second-order valence-electron chi connectivity index (χ2n) is 14.1. The Kier molecular flexibility index (Phi) is 8.00. The van der Waals surface area contributed by atoms with Gasteiger partial charge in [0.05, 0.1) is 19.3 Å². The molecule has 5 aliphatic rings. The van der Waals surface area contributed by atoms with Crippen LogP contribution < -0.4 is 5.32 Å². The Bertz CT molecular complexity index is 1070. The number of rotatable bonds is 3. The van der Waals surface area contributed by atoms with Crippen molar-refractivity contribution in [3.63, 3.8) is 0 Å². The third kappa shape index (κ3) is 5.56. The lowest BCUT2D eigenvalue weighted by Crippen LogP contribution is -2.52. The predicted molar refractivity (Wildman–Crippen MR) is 156 cm³/mol. The zero-order valence-electron chi connectivity index (χ0n) is 24.9. The van der Waals surface area contributed by atoms with Gasteiger partial charge in [-0.1, -0.05) is 61.7 Å². The summed E-state index contributed by atoms with van der Waals surface area (Å²) in [7, 11) is 0. The standard InChI is InChI=1S/C30H42O3.C4H9NO/c1-19-5-7-20(8-6-19)24-16-29(4)25(11-12-26(29)31)23-10-9-21-15-30(14-13-22(21)27(23)24)32-17-28(2,3)18-33-30;1-3-5-4(2)6/h5-8,21,23-26,31H,9-18H2,1-4H3;5-6H,2-3H2,1H3. The second-order valence-corrected chi connectivity index (χ2v) is 14.1. The summed E-state index contributed by atoms with van der Waals surface area (Å²) in [5.41, 5.74) is 6.45. The Morgan fingerprint density at radius 1 is 1.03 bits per heavy atom. The number of fused-ring (bicyclic) bond motifs is 4. The van der Waals surface area contributed by atoms with Crippen LogP contribution in [0.15, 0.2) is 47.9 Å². The highest BCUT2D eigenvalue weighted by Crippen LogP contribution is 2.64. The molecule has 0 aromatic heterocycles. The van der Waals surface area contributed by atoms with Gasteiger partial charge in [-0.15, -0.1) is 0 Å². The number of hydrogen-bond donors (Lipinski definition) is 3. The fraction of sp³-hybridized carbons (Fsp3) is 0.706. The van der Waals surface area contributed by atoms with Gasteiger partial charge in [-0.25, -0.2) is 0 Å². The lowest BCUT2D eigenvalue weighted by molar-refractivity contribution is -0.312. The number of hydrogen-bond acceptors (Lipinski definition) is 5. The number of aryl methyl sites for hydroxylation is 1. The quantitative estimate of drug-likeness (QED) is 0.282. The average Bonchev–Trinajstić information content (AvgIpc) is 3.20. The van der Waals surface area contributed by atoms with Crippen LogP contribution in [0.4, 0.5) is 0 Å². The zero-order chi connectivity index (χ0) is 28.0. The number of benzene rings is 1. The Hall–Kier alpha value is -1.82. The van der Waals surface area contributed by atoms with Crippen LogP contribution in [0.3, 0.4) is 0 Å². The Morgan fingerprint density at radius 3 is 2.33 bits per heavy atom. The molecule has 0 amide bonds. The van der Waals surface area contributed by atoms with Crippen molar-refractivity contribution < 1.29 is 19.7 Å². The van der Waals surface area contributed by atoms with Crippen molar-refractivity contribution in [3.8, 4) is 0 Å². The SMILES string of the molecule is C=C(O)NCC.Cc1ccc(C2CC3(C)C(O)CCC3C3CCC4CC5(CCC4=C23)OCC(C)(C)CO5)cc1. The largest absolute Gasteiger partial charge is 0.495 e. The molecule has 3 saturated carbocycles. The maximum Gasteiger partial charge on any atom is 0.176 e. The molecule has 216 valence electrons. The van der Waals surface area contributed by atoms with Crippen molar-refractivity contribution in [2.75, 3.05) is 19.8 Å². The van der Waals surface area contributed by atoms with Gasteiger partial charge in [-0.3, -0.25) is 0 Å². The van der Waals surface area contributed by atoms with Gasteiger partial charge in [-0.2, -0.15) is 0 Å². The van der Waals surface area contributed by atoms with Gasteiger partial charge in [-0.05, 0) is 87.7 Å². The molecule has 39 heavy (non-hydrogen) atoms. The van der Waals surface area contributed by atoms with Gasteiger partial charge in [0, 0.05) is 30.7 Å². The van der Waals surface area contributed by atoms with E-state index in [4.69, 9.17) is 14.6 Å². The smallest absolute Gasteiger partial charge is 0.176 e. The van der Waals surface area contributed by atoms with E-state index in [9.17, 15) is 5.11 Å². The number of allylic oxidation sites excluding steroid dienone is 2. The maximum atomic E-state index is 11.1. The van der Waals surface area contributed by atoms with Crippen LogP contribution in [-0.2, 0) is 9.47 Å². The molecule has 3 N–H and O–H groups in total. The average molecular weight is 538 g/mol. The molecule has 6 rings (SSSR count). The van der Waals surface area contributed by atoms with Gasteiger partial charge in [0.15, 0.2) is 11.7 Å². The molecule has 0 radical (unpaired) electrons. The molecule has 1 aliphatic heterocycles. The minimum absolute atomic E-state index is 0.0394. The van der Waals surface area contributed by atoms with Gasteiger partial charge < -0.3 is 25.0 Å². The predicted octanol–water partition coefficient (Wildman–Crippen LogP) is 7.16. The molecule has 4 aliphatic carbocycles. The summed E-state index contributed by atoms with van der Waals surface area (Å²) in [6.45, 7) is 16.5.